The van der Waals surface area contributed by atoms with Gasteiger partial charge in [-0.05, 0) is 73.5 Å². The van der Waals surface area contributed by atoms with Crippen molar-refractivity contribution in [3.8, 4) is 5.75 Å². The number of halogens is 1. The van der Waals surface area contributed by atoms with Crippen molar-refractivity contribution in [2.45, 2.75) is 87.6 Å². The van der Waals surface area contributed by atoms with Crippen LogP contribution in [0.1, 0.15) is 68.8 Å². The van der Waals surface area contributed by atoms with E-state index in [9.17, 15) is 14.7 Å². The molecule has 1 saturated heterocycles. The maximum atomic E-state index is 15.2. The van der Waals surface area contributed by atoms with E-state index in [-0.39, 0.29) is 17.8 Å². The molecule has 1 saturated carbocycles. The lowest BCUT2D eigenvalue weighted by molar-refractivity contribution is -0.228. The van der Waals surface area contributed by atoms with E-state index < -0.39 is 51.9 Å². The fourth-order valence-electron chi connectivity index (χ4n) is 12.9. The number of hydrogen-bond acceptors (Lipinski definition) is 11. The molecule has 1 aliphatic carbocycles. The second kappa shape index (κ2) is 13.4. The molecule has 2 fully saturated rings. The van der Waals surface area contributed by atoms with Crippen molar-refractivity contribution in [1.29, 1.82) is 0 Å². The highest BCUT2D eigenvalue weighted by molar-refractivity contribution is 5.95. The number of carbonyl (C=O) groups excluding carboxylic acids is 3. The number of H-pyrrole nitrogens is 1. The highest BCUT2D eigenvalue weighted by atomic mass is 19.1. The molecule has 2 N–H and O–H groups in total. The number of aromatic nitrogens is 1. The first-order valence-electron chi connectivity index (χ1n) is 20.4. The average molecular weight is 797 g/mol. The van der Waals surface area contributed by atoms with Crippen molar-refractivity contribution in [1.82, 2.24) is 14.8 Å². The molecular weight excluding hydrogens is 744 g/mol. The maximum absolute atomic E-state index is 15.2. The number of likely N-dealkylation sites (N-methyl/N-ethyl adjacent to an activating group) is 1. The standard InChI is InChI=1S/C45H53FN4O8/c1-8-26-17-27-21-44(40(52)56-6,36-30(24-49(22-26)23-27)29-18-28(46)11-12-33(29)47-36)32-19-31-34(20-35(32)55-5)48(4)38-43(31)14-16-50-15-10-13-42(9-2,37(43)50)39(58-25(3)51)45(38,54)41(53)57-7/h10-13,17-20,27,37-39,47,54H,8-9,14-16,21-24H2,1-7H3/t27-,37-,38+,39+,42+,43+,44-,45-/m0/s1. The lowest BCUT2D eigenvalue weighted by Crippen LogP contribution is -2.81. The lowest BCUT2D eigenvalue weighted by atomic mass is 9.47. The smallest absolute Gasteiger partial charge is 0.344 e. The van der Waals surface area contributed by atoms with Gasteiger partial charge < -0.3 is 33.9 Å². The number of carbonyl (C=O) groups is 3. The molecule has 2 bridgehead atoms. The molecular formula is C45H53FN4O8. The summed E-state index contributed by atoms with van der Waals surface area (Å²) in [5.41, 5.74) is -0.109. The second-order valence-corrected chi connectivity index (χ2v) is 17.3. The average Bonchev–Trinajstić information content (AvgIpc) is 3.86. The van der Waals surface area contributed by atoms with E-state index in [1.54, 1.807) is 13.2 Å². The normalized spacial score (nSPS) is 34.5. The molecule has 58 heavy (non-hydrogen) atoms. The molecule has 9 rings (SSSR count). The minimum atomic E-state index is -2.31. The molecule has 12 nitrogen and oxygen atoms in total. The molecule has 5 aliphatic heterocycles. The van der Waals surface area contributed by atoms with Crippen LogP contribution in [0.2, 0.25) is 0 Å². The molecule has 6 heterocycles. The van der Waals surface area contributed by atoms with Crippen LogP contribution in [0.5, 0.6) is 5.75 Å². The monoisotopic (exact) mass is 796 g/mol. The maximum Gasteiger partial charge on any atom is 0.344 e. The third-order valence-corrected chi connectivity index (χ3v) is 14.8. The van der Waals surface area contributed by atoms with Crippen molar-refractivity contribution in [2.24, 2.45) is 11.3 Å². The summed E-state index contributed by atoms with van der Waals surface area (Å²) in [7, 11) is 6.07. The van der Waals surface area contributed by atoms with Crippen molar-refractivity contribution in [3.05, 3.63) is 82.3 Å². The first kappa shape index (κ1) is 38.8. The number of ether oxygens (including phenoxy) is 4. The number of methoxy groups -OCH3 is 3. The number of aliphatic hydroxyl groups is 1. The molecule has 1 spiro atoms. The fourth-order valence-corrected chi connectivity index (χ4v) is 12.9. The Hall–Kier alpha value is -4.72. The topological polar surface area (TPSA) is 134 Å². The van der Waals surface area contributed by atoms with Gasteiger partial charge >= 0.3 is 17.9 Å². The van der Waals surface area contributed by atoms with Crippen LogP contribution in [0.15, 0.2) is 54.1 Å². The Morgan fingerprint density at radius 3 is 2.48 bits per heavy atom. The summed E-state index contributed by atoms with van der Waals surface area (Å²) in [6.45, 7) is 8.68. The number of rotatable bonds is 7. The van der Waals surface area contributed by atoms with Gasteiger partial charge in [-0.2, -0.15) is 0 Å². The summed E-state index contributed by atoms with van der Waals surface area (Å²) < 4.78 is 38.9. The molecule has 0 amide bonds. The van der Waals surface area contributed by atoms with E-state index >= 15 is 9.18 Å². The molecule has 9 atom stereocenters. The van der Waals surface area contributed by atoms with E-state index in [1.165, 1.54) is 38.8 Å². The van der Waals surface area contributed by atoms with Gasteiger partial charge in [-0.1, -0.05) is 37.6 Å². The van der Waals surface area contributed by atoms with Gasteiger partial charge in [0.2, 0.25) is 5.60 Å². The van der Waals surface area contributed by atoms with Crippen molar-refractivity contribution >= 4 is 34.5 Å². The molecule has 6 aliphatic rings. The molecule has 3 aromatic rings. The molecule has 308 valence electrons. The zero-order valence-electron chi connectivity index (χ0n) is 34.3. The summed E-state index contributed by atoms with van der Waals surface area (Å²) in [5, 5.41) is 14.0. The Bertz CT molecular complexity index is 2310. The van der Waals surface area contributed by atoms with Crippen LogP contribution in [0, 0.1) is 17.2 Å². The van der Waals surface area contributed by atoms with Crippen LogP contribution in [0.4, 0.5) is 10.1 Å². The third-order valence-electron chi connectivity index (χ3n) is 14.8. The van der Waals surface area contributed by atoms with E-state index in [4.69, 9.17) is 18.9 Å². The van der Waals surface area contributed by atoms with Crippen LogP contribution in [-0.4, -0.2) is 116 Å². The Labute approximate surface area is 337 Å². The Morgan fingerprint density at radius 1 is 1.02 bits per heavy atom. The third kappa shape index (κ3) is 4.86. The van der Waals surface area contributed by atoms with Gasteiger partial charge in [0.05, 0.1) is 27.4 Å². The summed E-state index contributed by atoms with van der Waals surface area (Å²) in [6, 6.07) is 7.40. The second-order valence-electron chi connectivity index (χ2n) is 17.3. The minimum absolute atomic E-state index is 0.0487. The largest absolute Gasteiger partial charge is 0.496 e. The lowest BCUT2D eigenvalue weighted by Gasteiger charge is -2.63. The Morgan fingerprint density at radius 2 is 1.79 bits per heavy atom. The number of esters is 3. The zero-order valence-corrected chi connectivity index (χ0v) is 34.3. The van der Waals surface area contributed by atoms with Crippen LogP contribution in [0.3, 0.4) is 0 Å². The predicted molar refractivity (Wildman–Crippen MR) is 214 cm³/mol. The molecule has 1 aromatic heterocycles. The van der Waals surface area contributed by atoms with Gasteiger partial charge in [0.1, 0.15) is 17.0 Å². The van der Waals surface area contributed by atoms with Crippen LogP contribution in [0.25, 0.3) is 10.9 Å². The van der Waals surface area contributed by atoms with E-state index in [2.05, 4.69) is 33.8 Å². The van der Waals surface area contributed by atoms with Crippen molar-refractivity contribution in [3.63, 3.8) is 0 Å². The molecule has 1 unspecified atom stereocenters. The number of hydrogen-bond donors (Lipinski definition) is 2. The number of nitrogens with zero attached hydrogens (tertiary/aromatic N) is 3. The van der Waals surface area contributed by atoms with E-state index in [1.807, 2.05) is 37.1 Å². The van der Waals surface area contributed by atoms with Gasteiger partial charge in [0.25, 0.3) is 0 Å². The number of nitrogens with one attached hydrogen (secondary N) is 1. The van der Waals surface area contributed by atoms with Crippen LogP contribution < -0.4 is 9.64 Å². The molecule has 13 heteroatoms. The summed E-state index contributed by atoms with van der Waals surface area (Å²) in [5.74, 6) is -1.98. The highest BCUT2D eigenvalue weighted by Crippen LogP contribution is 2.68. The zero-order chi connectivity index (χ0) is 41.1. The molecule has 2 aromatic carbocycles. The molecule has 0 radical (unpaired) electrons. The number of benzene rings is 2. The quantitative estimate of drug-likeness (QED) is 0.192. The van der Waals surface area contributed by atoms with Crippen molar-refractivity contribution in [2.75, 3.05) is 59.5 Å². The van der Waals surface area contributed by atoms with Gasteiger partial charge in [0, 0.05) is 90.9 Å². The minimum Gasteiger partial charge on any atom is -0.496 e. The summed E-state index contributed by atoms with van der Waals surface area (Å²) in [4.78, 5) is 52.8. The van der Waals surface area contributed by atoms with Gasteiger partial charge in [0.15, 0.2) is 6.10 Å². The van der Waals surface area contributed by atoms with Crippen molar-refractivity contribution < 1.29 is 42.8 Å². The summed E-state index contributed by atoms with van der Waals surface area (Å²) >= 11 is 0. The Balaban J connectivity index is 1.37. The van der Waals surface area contributed by atoms with Crippen LogP contribution in [-0.2, 0) is 46.0 Å². The van der Waals surface area contributed by atoms with Crippen LogP contribution >= 0.6 is 0 Å². The van der Waals surface area contributed by atoms with E-state index in [0.717, 1.165) is 29.8 Å². The Kier molecular flexibility index (Phi) is 8.96. The number of fused-ring (bicyclic) bond motifs is 6. The van der Waals surface area contributed by atoms with E-state index in [0.29, 0.717) is 73.4 Å². The van der Waals surface area contributed by atoms with Gasteiger partial charge in [-0.3, -0.25) is 19.4 Å². The number of anilines is 1. The highest BCUT2D eigenvalue weighted by Gasteiger charge is 2.80. The predicted octanol–water partition coefficient (Wildman–Crippen LogP) is 4.89. The SMILES string of the molecule is CCC1=C[C@@H]2CN(C1)Cc1c([nH]c3ccc(F)cc13)[C@@](C(=O)OC)(c1cc3c(cc1OC)N(C)[C@H]1[C@@](O)(C(=O)OC)[C@H](OC(C)=O)[C@]4(CC)C=CCN5CC[C@]31[C@@H]54)C2. The first-order chi connectivity index (χ1) is 27.8. The van der Waals surface area contributed by atoms with Gasteiger partial charge in [-0.15, -0.1) is 0 Å². The fraction of sp³-hybridized carbons (Fsp3) is 0.533. The number of aromatic amines is 1. The van der Waals surface area contributed by atoms with Gasteiger partial charge in [-0.25, -0.2) is 9.18 Å². The first-order valence-corrected chi connectivity index (χ1v) is 20.4. The summed E-state index contributed by atoms with van der Waals surface area (Å²) in [6.07, 6.45) is 7.30.